The number of nitrogens with zero attached hydrogens (tertiary/aromatic N) is 5. The van der Waals surface area contributed by atoms with Gasteiger partial charge in [0, 0.05) is 0 Å². The highest BCUT2D eigenvalue weighted by Gasteiger charge is 2.31. The minimum Gasteiger partial charge on any atom is -0.247 e. The summed E-state index contributed by atoms with van der Waals surface area (Å²) in [6.45, 7) is 1.70. The second-order valence-electron chi connectivity index (χ2n) is 3.81. The third-order valence-corrected chi connectivity index (χ3v) is 2.61. The molecule has 0 spiro atoms. The molecule has 0 atom stereocenters. The molecular weight excluding hydrogens is 247 g/mol. The maximum absolute atomic E-state index is 12.6. The summed E-state index contributed by atoms with van der Waals surface area (Å²) in [5.41, 5.74) is 0.808. The van der Waals surface area contributed by atoms with Crippen molar-refractivity contribution in [2.75, 3.05) is 0 Å². The van der Waals surface area contributed by atoms with E-state index in [0.29, 0.717) is 16.9 Å². The van der Waals surface area contributed by atoms with Crippen molar-refractivity contribution in [3.8, 4) is 0 Å². The normalized spacial score (nSPS) is 12.4. The summed E-state index contributed by atoms with van der Waals surface area (Å²) in [5.74, 6) is 0. The van der Waals surface area contributed by atoms with Crippen LogP contribution in [-0.2, 0) is 6.18 Å². The lowest BCUT2D eigenvalue weighted by atomic mass is 10.2. The number of rotatable bonds is 0. The molecule has 0 fully saturated rings. The Bertz CT molecular complexity index is 746. The number of aryl methyl sites for hydroxylation is 1. The lowest BCUT2D eigenvalue weighted by Crippen LogP contribution is -2.06. The number of hydrogen-bond acceptors (Lipinski definition) is 4. The van der Waals surface area contributed by atoms with Crippen LogP contribution in [0.2, 0.25) is 0 Å². The van der Waals surface area contributed by atoms with Crippen molar-refractivity contribution in [3.05, 3.63) is 29.5 Å². The molecule has 0 saturated heterocycles. The van der Waals surface area contributed by atoms with Gasteiger partial charge >= 0.3 is 6.18 Å². The molecule has 18 heavy (non-hydrogen) atoms. The summed E-state index contributed by atoms with van der Waals surface area (Å²) in [5, 5.41) is 10.8. The van der Waals surface area contributed by atoms with Gasteiger partial charge in [0.25, 0.3) is 0 Å². The topological polar surface area (TPSA) is 56.0 Å². The first-order valence-electron chi connectivity index (χ1n) is 5.02. The molecule has 0 unspecified atom stereocenters. The van der Waals surface area contributed by atoms with Crippen LogP contribution >= 0.6 is 0 Å². The molecule has 0 bridgehead atoms. The monoisotopic (exact) mass is 253 g/mol. The van der Waals surface area contributed by atoms with Gasteiger partial charge in [-0.25, -0.2) is 4.98 Å². The Morgan fingerprint density at radius 1 is 1.22 bits per heavy atom. The molecule has 0 N–H and O–H groups in total. The van der Waals surface area contributed by atoms with Crippen LogP contribution in [0.4, 0.5) is 13.2 Å². The fraction of sp³-hybridized carbons (Fsp3) is 0.200. The van der Waals surface area contributed by atoms with Gasteiger partial charge in [0.05, 0.1) is 22.3 Å². The number of tetrazole rings is 1. The first kappa shape index (κ1) is 10.9. The average Bonchev–Trinajstić information content (AvgIpc) is 2.77. The Kier molecular flexibility index (Phi) is 2.04. The highest BCUT2D eigenvalue weighted by Crippen LogP contribution is 2.31. The lowest BCUT2D eigenvalue weighted by molar-refractivity contribution is -0.137. The van der Waals surface area contributed by atoms with E-state index in [9.17, 15) is 13.2 Å². The first-order chi connectivity index (χ1) is 8.47. The molecule has 92 valence electrons. The van der Waals surface area contributed by atoms with E-state index in [1.165, 1.54) is 10.6 Å². The smallest absolute Gasteiger partial charge is 0.247 e. The Morgan fingerprint density at radius 3 is 2.72 bits per heavy atom. The summed E-state index contributed by atoms with van der Waals surface area (Å²) in [6, 6.07) is 3.29. The van der Waals surface area contributed by atoms with E-state index in [4.69, 9.17) is 0 Å². The van der Waals surface area contributed by atoms with Crippen LogP contribution in [0.3, 0.4) is 0 Å². The van der Waals surface area contributed by atoms with Crippen LogP contribution in [0.25, 0.3) is 16.7 Å². The highest BCUT2D eigenvalue weighted by molar-refractivity contribution is 5.78. The standard InChI is InChI=1S/C10H6F3N5/c1-5-9-15-16-17-18(9)8-4-6(10(11,12)13)2-3-7(8)14-5/h2-4H,1H3. The minimum absolute atomic E-state index is 0.232. The molecule has 0 amide bonds. The number of aromatic nitrogens is 5. The van der Waals surface area contributed by atoms with E-state index in [2.05, 4.69) is 20.5 Å². The summed E-state index contributed by atoms with van der Waals surface area (Å²) < 4.78 is 39.2. The molecule has 0 aliphatic heterocycles. The van der Waals surface area contributed by atoms with Crippen LogP contribution in [0.15, 0.2) is 18.2 Å². The quantitative estimate of drug-likeness (QED) is 0.615. The predicted molar refractivity (Wildman–Crippen MR) is 55.8 cm³/mol. The SMILES string of the molecule is Cc1nc2ccc(C(F)(F)F)cc2n2nnnc12. The van der Waals surface area contributed by atoms with Crippen LogP contribution in [-0.4, -0.2) is 25.0 Å². The lowest BCUT2D eigenvalue weighted by Gasteiger charge is -2.08. The zero-order valence-corrected chi connectivity index (χ0v) is 9.10. The Balaban J connectivity index is 2.42. The molecule has 0 aliphatic rings. The van der Waals surface area contributed by atoms with E-state index in [1.54, 1.807) is 6.92 Å². The van der Waals surface area contributed by atoms with Crippen molar-refractivity contribution in [2.45, 2.75) is 13.1 Å². The van der Waals surface area contributed by atoms with E-state index < -0.39 is 11.7 Å². The van der Waals surface area contributed by atoms with Gasteiger partial charge < -0.3 is 0 Å². The fourth-order valence-electron chi connectivity index (χ4n) is 1.77. The summed E-state index contributed by atoms with van der Waals surface area (Å²) in [4.78, 5) is 4.17. The molecule has 0 aliphatic carbocycles. The molecule has 0 saturated carbocycles. The predicted octanol–water partition coefficient (Wildman–Crippen LogP) is 2.00. The first-order valence-corrected chi connectivity index (χ1v) is 5.02. The third kappa shape index (κ3) is 1.49. The molecule has 3 rings (SSSR count). The van der Waals surface area contributed by atoms with Gasteiger partial charge in [-0.15, -0.1) is 5.10 Å². The largest absolute Gasteiger partial charge is 0.416 e. The van der Waals surface area contributed by atoms with Gasteiger partial charge in [0.15, 0.2) is 0 Å². The summed E-state index contributed by atoms with van der Waals surface area (Å²) >= 11 is 0. The van der Waals surface area contributed by atoms with E-state index in [1.807, 2.05) is 0 Å². The van der Waals surface area contributed by atoms with Gasteiger partial charge in [0.2, 0.25) is 5.65 Å². The number of hydrogen-bond donors (Lipinski definition) is 0. The second kappa shape index (κ2) is 3.37. The number of alkyl halides is 3. The van der Waals surface area contributed by atoms with Crippen LogP contribution in [0.5, 0.6) is 0 Å². The molecule has 2 aromatic heterocycles. The maximum atomic E-state index is 12.6. The highest BCUT2D eigenvalue weighted by atomic mass is 19.4. The van der Waals surface area contributed by atoms with Crippen molar-refractivity contribution in [1.29, 1.82) is 0 Å². The number of fused-ring (bicyclic) bond motifs is 3. The summed E-state index contributed by atoms with van der Waals surface area (Å²) in [7, 11) is 0. The zero-order chi connectivity index (χ0) is 12.9. The Morgan fingerprint density at radius 2 is 2.00 bits per heavy atom. The Hall–Kier alpha value is -2.25. The van der Waals surface area contributed by atoms with Crippen molar-refractivity contribution in [2.24, 2.45) is 0 Å². The van der Waals surface area contributed by atoms with Crippen molar-refractivity contribution < 1.29 is 13.2 Å². The van der Waals surface area contributed by atoms with Crippen molar-refractivity contribution in [1.82, 2.24) is 25.0 Å². The molecule has 8 heteroatoms. The molecule has 2 heterocycles. The Labute approximate surface area is 98.2 Å². The minimum atomic E-state index is -4.40. The van der Waals surface area contributed by atoms with Gasteiger partial charge in [-0.3, -0.25) is 0 Å². The zero-order valence-electron chi connectivity index (χ0n) is 9.10. The van der Waals surface area contributed by atoms with E-state index >= 15 is 0 Å². The molecule has 0 radical (unpaired) electrons. The van der Waals surface area contributed by atoms with Crippen LogP contribution in [0.1, 0.15) is 11.3 Å². The van der Waals surface area contributed by atoms with E-state index in [-0.39, 0.29) is 5.52 Å². The van der Waals surface area contributed by atoms with Gasteiger partial charge in [-0.1, -0.05) is 0 Å². The molecule has 5 nitrogen and oxygen atoms in total. The molecule has 3 aromatic rings. The van der Waals surface area contributed by atoms with Crippen LogP contribution in [0, 0.1) is 6.92 Å². The average molecular weight is 253 g/mol. The maximum Gasteiger partial charge on any atom is 0.416 e. The number of halogens is 3. The summed E-state index contributed by atoms with van der Waals surface area (Å²) in [6.07, 6.45) is -4.40. The van der Waals surface area contributed by atoms with Gasteiger partial charge in [0.1, 0.15) is 0 Å². The van der Waals surface area contributed by atoms with Crippen molar-refractivity contribution >= 4 is 16.7 Å². The third-order valence-electron chi connectivity index (χ3n) is 2.61. The van der Waals surface area contributed by atoms with Gasteiger partial charge in [-0.2, -0.15) is 17.7 Å². The molecule has 1 aromatic carbocycles. The van der Waals surface area contributed by atoms with E-state index in [0.717, 1.165) is 12.1 Å². The number of benzene rings is 1. The fourth-order valence-corrected chi connectivity index (χ4v) is 1.77. The molecular formula is C10H6F3N5. The second-order valence-corrected chi connectivity index (χ2v) is 3.81. The van der Waals surface area contributed by atoms with Gasteiger partial charge in [-0.05, 0) is 35.5 Å². The van der Waals surface area contributed by atoms with Crippen LogP contribution < -0.4 is 0 Å². The van der Waals surface area contributed by atoms with Crippen molar-refractivity contribution in [3.63, 3.8) is 0 Å².